The first-order valence-electron chi connectivity index (χ1n) is 5.47. The predicted molar refractivity (Wildman–Crippen MR) is 74.4 cm³/mol. The van der Waals surface area contributed by atoms with Crippen LogP contribution in [-0.2, 0) is 0 Å². The van der Waals surface area contributed by atoms with E-state index in [0.717, 1.165) is 16.2 Å². The first-order valence-corrected chi connectivity index (χ1v) is 5.92. The zero-order chi connectivity index (χ0) is 11.7. The summed E-state index contributed by atoms with van der Waals surface area (Å²) in [6.07, 6.45) is 1.82. The fourth-order valence-corrected chi connectivity index (χ4v) is 2.14. The molecule has 1 heterocycles. The van der Waals surface area contributed by atoms with Crippen molar-refractivity contribution in [2.45, 2.75) is 4.90 Å². The molecule has 17 heavy (non-hydrogen) atoms. The molecule has 3 rings (SSSR count). The number of rotatable bonds is 1. The lowest BCUT2D eigenvalue weighted by Gasteiger charge is -2.03. The summed E-state index contributed by atoms with van der Waals surface area (Å²) in [5.41, 5.74) is 2.15. The fraction of sp³-hybridized carbons (Fsp3) is 0. The van der Waals surface area contributed by atoms with Crippen molar-refractivity contribution in [1.82, 2.24) is 4.98 Å². The summed E-state index contributed by atoms with van der Waals surface area (Å²) in [5.74, 6) is 0. The summed E-state index contributed by atoms with van der Waals surface area (Å²) < 4.78 is 0. The van der Waals surface area contributed by atoms with Crippen molar-refractivity contribution < 1.29 is 0 Å². The van der Waals surface area contributed by atoms with Crippen molar-refractivity contribution in [2.75, 3.05) is 0 Å². The molecule has 1 aromatic heterocycles. The molecule has 1 nitrogen and oxygen atoms in total. The van der Waals surface area contributed by atoms with Crippen LogP contribution in [0.2, 0.25) is 0 Å². The van der Waals surface area contributed by atoms with Crippen LogP contribution >= 0.6 is 12.6 Å². The molecule has 0 N–H and O–H groups in total. The molecule has 0 amide bonds. The van der Waals surface area contributed by atoms with Crippen LogP contribution in [0.4, 0.5) is 0 Å². The second-order valence-electron chi connectivity index (χ2n) is 3.96. The standard InChI is InChI=1S/C15H11NS/c17-14-7-6-11-9-13(5-4-12(11)10-14)15-3-1-2-8-16-15/h1-10,17H. The minimum atomic E-state index is 0.989. The van der Waals surface area contributed by atoms with E-state index in [9.17, 15) is 0 Å². The third-order valence-corrected chi connectivity index (χ3v) is 3.06. The lowest BCUT2D eigenvalue weighted by atomic mass is 10.0. The number of nitrogens with zero attached hydrogens (tertiary/aromatic N) is 1. The molecule has 0 fully saturated rings. The molecule has 2 heteroatoms. The molecular formula is C15H11NS. The van der Waals surface area contributed by atoms with Gasteiger partial charge in [-0.05, 0) is 41.1 Å². The highest BCUT2D eigenvalue weighted by Gasteiger charge is 2.00. The molecule has 0 aliphatic carbocycles. The van der Waals surface area contributed by atoms with Crippen molar-refractivity contribution >= 4 is 23.4 Å². The van der Waals surface area contributed by atoms with E-state index in [2.05, 4.69) is 47.9 Å². The van der Waals surface area contributed by atoms with Crippen LogP contribution in [0.25, 0.3) is 22.0 Å². The van der Waals surface area contributed by atoms with Gasteiger partial charge < -0.3 is 0 Å². The normalized spacial score (nSPS) is 10.6. The lowest BCUT2D eigenvalue weighted by molar-refractivity contribution is 1.33. The Morgan fingerprint density at radius 3 is 2.47 bits per heavy atom. The van der Waals surface area contributed by atoms with E-state index in [1.165, 1.54) is 10.8 Å². The van der Waals surface area contributed by atoms with Gasteiger partial charge in [0.1, 0.15) is 0 Å². The van der Waals surface area contributed by atoms with Gasteiger partial charge in [-0.25, -0.2) is 0 Å². The van der Waals surface area contributed by atoms with Crippen molar-refractivity contribution in [2.24, 2.45) is 0 Å². The highest BCUT2D eigenvalue weighted by atomic mass is 32.1. The third kappa shape index (κ3) is 2.04. The third-order valence-electron chi connectivity index (χ3n) is 2.78. The molecule has 2 aromatic carbocycles. The summed E-state index contributed by atoms with van der Waals surface area (Å²) in [5, 5.41) is 2.42. The van der Waals surface area contributed by atoms with E-state index in [-0.39, 0.29) is 0 Å². The van der Waals surface area contributed by atoms with Gasteiger partial charge in [0.05, 0.1) is 5.69 Å². The van der Waals surface area contributed by atoms with Gasteiger partial charge in [-0.15, -0.1) is 12.6 Å². The van der Waals surface area contributed by atoms with Gasteiger partial charge in [0, 0.05) is 16.7 Å². The molecule has 0 saturated heterocycles. The number of hydrogen-bond donors (Lipinski definition) is 1. The molecular weight excluding hydrogens is 226 g/mol. The maximum Gasteiger partial charge on any atom is 0.0702 e. The Balaban J connectivity index is 2.17. The largest absolute Gasteiger partial charge is 0.256 e. The average molecular weight is 237 g/mol. The SMILES string of the molecule is Sc1ccc2cc(-c3ccccn3)ccc2c1. The molecule has 3 aromatic rings. The van der Waals surface area contributed by atoms with Gasteiger partial charge in [-0.2, -0.15) is 0 Å². The molecule has 0 aliphatic rings. The van der Waals surface area contributed by atoms with Crippen LogP contribution in [0.15, 0.2) is 65.7 Å². The Hall–Kier alpha value is -1.80. The van der Waals surface area contributed by atoms with E-state index in [1.807, 2.05) is 30.5 Å². The molecule has 0 saturated carbocycles. The molecule has 0 aliphatic heterocycles. The summed E-state index contributed by atoms with van der Waals surface area (Å²) in [4.78, 5) is 5.35. The number of thiol groups is 1. The topological polar surface area (TPSA) is 12.9 Å². The first kappa shape index (κ1) is 10.4. The van der Waals surface area contributed by atoms with E-state index in [1.54, 1.807) is 0 Å². The number of pyridine rings is 1. The van der Waals surface area contributed by atoms with E-state index < -0.39 is 0 Å². The number of aromatic nitrogens is 1. The Morgan fingerprint density at radius 1 is 0.824 bits per heavy atom. The summed E-state index contributed by atoms with van der Waals surface area (Å²) in [6.45, 7) is 0. The predicted octanol–water partition coefficient (Wildman–Crippen LogP) is 4.19. The Kier molecular flexibility index (Phi) is 2.57. The van der Waals surface area contributed by atoms with Crippen LogP contribution in [0.3, 0.4) is 0 Å². The minimum absolute atomic E-state index is 0.989. The Bertz CT molecular complexity index is 662. The van der Waals surface area contributed by atoms with E-state index in [0.29, 0.717) is 0 Å². The van der Waals surface area contributed by atoms with Crippen LogP contribution in [-0.4, -0.2) is 4.98 Å². The van der Waals surface area contributed by atoms with Gasteiger partial charge in [0.25, 0.3) is 0 Å². The van der Waals surface area contributed by atoms with E-state index in [4.69, 9.17) is 0 Å². The summed E-state index contributed by atoms with van der Waals surface area (Å²) in [7, 11) is 0. The van der Waals surface area contributed by atoms with Crippen LogP contribution in [0.1, 0.15) is 0 Å². The van der Waals surface area contributed by atoms with Crippen molar-refractivity contribution in [3.63, 3.8) is 0 Å². The maximum absolute atomic E-state index is 4.36. The molecule has 0 unspecified atom stereocenters. The molecule has 0 spiro atoms. The summed E-state index contributed by atoms with van der Waals surface area (Å²) >= 11 is 4.34. The number of hydrogen-bond acceptors (Lipinski definition) is 2. The average Bonchev–Trinajstić information content (AvgIpc) is 2.39. The molecule has 0 bridgehead atoms. The summed E-state index contributed by atoms with van der Waals surface area (Å²) in [6, 6.07) is 18.5. The van der Waals surface area contributed by atoms with Gasteiger partial charge in [0.15, 0.2) is 0 Å². The van der Waals surface area contributed by atoms with Crippen molar-refractivity contribution in [3.8, 4) is 11.3 Å². The molecule has 0 atom stereocenters. The van der Waals surface area contributed by atoms with Gasteiger partial charge in [-0.1, -0.05) is 24.3 Å². The van der Waals surface area contributed by atoms with Gasteiger partial charge >= 0.3 is 0 Å². The monoisotopic (exact) mass is 237 g/mol. The van der Waals surface area contributed by atoms with E-state index >= 15 is 0 Å². The smallest absolute Gasteiger partial charge is 0.0702 e. The maximum atomic E-state index is 4.36. The van der Waals surface area contributed by atoms with Gasteiger partial charge in [-0.3, -0.25) is 4.98 Å². The van der Waals surface area contributed by atoms with Crippen LogP contribution < -0.4 is 0 Å². The highest BCUT2D eigenvalue weighted by molar-refractivity contribution is 7.80. The Labute approximate surface area is 106 Å². The first-order chi connectivity index (χ1) is 8.33. The van der Waals surface area contributed by atoms with Crippen LogP contribution in [0.5, 0.6) is 0 Å². The van der Waals surface area contributed by atoms with Crippen molar-refractivity contribution in [3.05, 3.63) is 60.8 Å². The zero-order valence-electron chi connectivity index (χ0n) is 9.17. The fourth-order valence-electron chi connectivity index (χ4n) is 1.93. The number of fused-ring (bicyclic) bond motifs is 1. The lowest BCUT2D eigenvalue weighted by Crippen LogP contribution is -1.82. The second kappa shape index (κ2) is 4.22. The van der Waals surface area contributed by atoms with Crippen molar-refractivity contribution in [1.29, 1.82) is 0 Å². The van der Waals surface area contributed by atoms with Crippen LogP contribution in [0, 0.1) is 0 Å². The second-order valence-corrected chi connectivity index (χ2v) is 4.48. The quantitative estimate of drug-likeness (QED) is 0.626. The number of benzene rings is 2. The molecule has 0 radical (unpaired) electrons. The highest BCUT2D eigenvalue weighted by Crippen LogP contribution is 2.24. The Morgan fingerprint density at radius 2 is 1.65 bits per heavy atom. The van der Waals surface area contributed by atoms with Gasteiger partial charge in [0.2, 0.25) is 0 Å². The molecule has 82 valence electrons. The zero-order valence-corrected chi connectivity index (χ0v) is 10.1. The minimum Gasteiger partial charge on any atom is -0.256 e.